The van der Waals surface area contributed by atoms with Gasteiger partial charge in [-0.3, -0.25) is 16.0 Å². The van der Waals surface area contributed by atoms with Gasteiger partial charge in [0.25, 0.3) is 0 Å². The highest BCUT2D eigenvalue weighted by molar-refractivity contribution is 6.30. The lowest BCUT2D eigenvalue weighted by Crippen LogP contribution is -2.43. The van der Waals surface area contributed by atoms with E-state index in [1.165, 1.54) is 0 Å². The summed E-state index contributed by atoms with van der Waals surface area (Å²) in [5.74, 6) is 5.53. The van der Waals surface area contributed by atoms with Crippen LogP contribution >= 0.6 is 11.6 Å². The number of halogens is 1. The van der Waals surface area contributed by atoms with Gasteiger partial charge in [-0.15, -0.1) is 0 Å². The molecule has 3 N–H and O–H groups in total. The van der Waals surface area contributed by atoms with Crippen molar-refractivity contribution in [1.29, 1.82) is 0 Å². The molecule has 92 valence electrons. The van der Waals surface area contributed by atoms with E-state index in [1.54, 1.807) is 4.68 Å². The number of nitrogens with one attached hydrogen (secondary N) is 1. The smallest absolute Gasteiger partial charge is 0.130 e. The lowest BCUT2D eigenvalue weighted by Gasteiger charge is -2.20. The molecule has 1 heterocycles. The number of rotatable bonds is 5. The van der Waals surface area contributed by atoms with Crippen LogP contribution in [0, 0.1) is 6.92 Å². The second kappa shape index (κ2) is 5.63. The maximum Gasteiger partial charge on any atom is 0.130 e. The van der Waals surface area contributed by atoms with E-state index < -0.39 is 0 Å². The van der Waals surface area contributed by atoms with Gasteiger partial charge < -0.3 is 4.90 Å². The first-order valence-electron chi connectivity index (χ1n) is 5.24. The van der Waals surface area contributed by atoms with Crippen molar-refractivity contribution in [3.05, 3.63) is 16.4 Å². The van der Waals surface area contributed by atoms with E-state index in [2.05, 4.69) is 15.4 Å². The molecule has 5 nitrogen and oxygen atoms in total. The third-order valence-corrected chi connectivity index (χ3v) is 3.01. The highest BCUT2D eigenvalue weighted by Gasteiger charge is 2.16. The summed E-state index contributed by atoms with van der Waals surface area (Å²) in [5.41, 5.74) is 4.84. The van der Waals surface area contributed by atoms with Gasteiger partial charge >= 0.3 is 0 Å². The van der Waals surface area contributed by atoms with Crippen LogP contribution in [0.25, 0.3) is 0 Å². The van der Waals surface area contributed by atoms with Gasteiger partial charge in [-0.25, -0.2) is 0 Å². The van der Waals surface area contributed by atoms with Crippen molar-refractivity contribution >= 4 is 11.6 Å². The number of hydrogen-bond acceptors (Lipinski definition) is 4. The van der Waals surface area contributed by atoms with Crippen molar-refractivity contribution in [3.8, 4) is 0 Å². The van der Waals surface area contributed by atoms with Crippen LogP contribution in [0.4, 0.5) is 0 Å². The van der Waals surface area contributed by atoms with Gasteiger partial charge in [0.1, 0.15) is 5.15 Å². The number of nitrogens with two attached hydrogens (primary N) is 1. The van der Waals surface area contributed by atoms with E-state index in [4.69, 9.17) is 17.4 Å². The van der Waals surface area contributed by atoms with Gasteiger partial charge in [0, 0.05) is 25.2 Å². The maximum absolute atomic E-state index is 6.17. The van der Waals surface area contributed by atoms with Crippen molar-refractivity contribution < 1.29 is 0 Å². The summed E-state index contributed by atoms with van der Waals surface area (Å²) in [4.78, 5) is 2.09. The molecule has 1 rings (SSSR count). The number of hydrogen-bond donors (Lipinski definition) is 2. The fourth-order valence-electron chi connectivity index (χ4n) is 1.77. The van der Waals surface area contributed by atoms with Crippen LogP contribution in [0.1, 0.15) is 11.3 Å². The second-order valence-electron chi connectivity index (χ2n) is 4.31. The van der Waals surface area contributed by atoms with E-state index >= 15 is 0 Å². The molecule has 1 aromatic heterocycles. The number of aromatic nitrogens is 2. The molecule has 0 saturated heterocycles. The number of hydrazine groups is 1. The van der Waals surface area contributed by atoms with Crippen LogP contribution in [-0.4, -0.2) is 41.4 Å². The fourth-order valence-corrected chi connectivity index (χ4v) is 2.02. The molecule has 0 aliphatic carbocycles. The monoisotopic (exact) mass is 245 g/mol. The number of likely N-dealkylation sites (N-methyl/N-ethyl adjacent to an activating group) is 1. The molecular weight excluding hydrogens is 226 g/mol. The summed E-state index contributed by atoms with van der Waals surface area (Å²) in [6.07, 6.45) is 0.785. The summed E-state index contributed by atoms with van der Waals surface area (Å²) >= 11 is 6.17. The first-order valence-corrected chi connectivity index (χ1v) is 5.62. The molecule has 0 spiro atoms. The minimum Gasteiger partial charge on any atom is -0.308 e. The third-order valence-electron chi connectivity index (χ3n) is 2.54. The summed E-state index contributed by atoms with van der Waals surface area (Å²) in [6.45, 7) is 2.83. The van der Waals surface area contributed by atoms with Crippen LogP contribution < -0.4 is 11.3 Å². The molecule has 1 atom stereocenters. The maximum atomic E-state index is 6.17. The molecular formula is C10H20ClN5. The Labute approximate surface area is 102 Å². The Kier molecular flexibility index (Phi) is 4.73. The molecule has 1 unspecified atom stereocenters. The quantitative estimate of drug-likeness (QED) is 0.580. The average Bonchev–Trinajstić information content (AvgIpc) is 2.43. The van der Waals surface area contributed by atoms with Crippen molar-refractivity contribution in [2.75, 3.05) is 20.6 Å². The SMILES string of the molecule is Cc1nn(C)c(Cl)c1CC(CN(C)C)NN. The van der Waals surface area contributed by atoms with Crippen LogP contribution in [-0.2, 0) is 13.5 Å². The van der Waals surface area contributed by atoms with E-state index in [1.807, 2.05) is 28.1 Å². The van der Waals surface area contributed by atoms with Gasteiger partial charge in [-0.05, 0) is 27.4 Å². The Balaban J connectivity index is 2.77. The van der Waals surface area contributed by atoms with E-state index in [-0.39, 0.29) is 6.04 Å². The largest absolute Gasteiger partial charge is 0.308 e. The minimum atomic E-state index is 0.176. The van der Waals surface area contributed by atoms with Crippen LogP contribution in [0.3, 0.4) is 0 Å². The van der Waals surface area contributed by atoms with E-state index in [0.29, 0.717) is 5.15 Å². The zero-order valence-corrected chi connectivity index (χ0v) is 11.0. The highest BCUT2D eigenvalue weighted by atomic mass is 35.5. The first kappa shape index (κ1) is 13.4. The highest BCUT2D eigenvalue weighted by Crippen LogP contribution is 2.20. The second-order valence-corrected chi connectivity index (χ2v) is 4.67. The van der Waals surface area contributed by atoms with Crippen LogP contribution in [0.5, 0.6) is 0 Å². The predicted octanol–water partition coefficient (Wildman–Crippen LogP) is 0.318. The molecule has 0 aliphatic rings. The lowest BCUT2D eigenvalue weighted by atomic mass is 10.1. The van der Waals surface area contributed by atoms with Crippen molar-refractivity contribution in [2.24, 2.45) is 12.9 Å². The predicted molar refractivity (Wildman–Crippen MR) is 66.3 cm³/mol. The van der Waals surface area contributed by atoms with Gasteiger partial charge in [-0.1, -0.05) is 11.6 Å². The third kappa shape index (κ3) is 3.18. The number of aryl methyl sites for hydroxylation is 2. The summed E-state index contributed by atoms with van der Waals surface area (Å²) in [7, 11) is 5.87. The van der Waals surface area contributed by atoms with Gasteiger partial charge in [0.05, 0.1) is 5.69 Å². The first-order chi connectivity index (χ1) is 7.45. The topological polar surface area (TPSA) is 59.1 Å². The lowest BCUT2D eigenvalue weighted by molar-refractivity contribution is 0.338. The zero-order valence-electron chi connectivity index (χ0n) is 10.3. The molecule has 0 bridgehead atoms. The van der Waals surface area contributed by atoms with Gasteiger partial charge in [-0.2, -0.15) is 5.10 Å². The Morgan fingerprint density at radius 3 is 2.56 bits per heavy atom. The Hall–Kier alpha value is -0.620. The average molecular weight is 246 g/mol. The summed E-state index contributed by atoms with van der Waals surface area (Å²) in [6, 6.07) is 0.176. The van der Waals surface area contributed by atoms with Gasteiger partial charge in [0.2, 0.25) is 0 Å². The molecule has 0 radical (unpaired) electrons. The van der Waals surface area contributed by atoms with Crippen molar-refractivity contribution in [1.82, 2.24) is 20.1 Å². The molecule has 0 fully saturated rings. The molecule has 0 aromatic carbocycles. The zero-order chi connectivity index (χ0) is 12.3. The molecule has 1 aromatic rings. The molecule has 6 heteroatoms. The van der Waals surface area contributed by atoms with E-state index in [0.717, 1.165) is 24.2 Å². The summed E-state index contributed by atoms with van der Waals surface area (Å²) < 4.78 is 1.69. The fraction of sp³-hybridized carbons (Fsp3) is 0.700. The molecule has 0 saturated carbocycles. The molecule has 16 heavy (non-hydrogen) atoms. The van der Waals surface area contributed by atoms with Crippen molar-refractivity contribution in [2.45, 2.75) is 19.4 Å². The standard InChI is InChI=1S/C10H20ClN5/c1-7-9(10(11)16(4)14-7)5-8(13-12)6-15(2)3/h8,13H,5-6,12H2,1-4H3. The molecule has 0 amide bonds. The summed E-state index contributed by atoms with van der Waals surface area (Å²) in [5, 5.41) is 4.97. The molecule has 0 aliphatic heterocycles. The Morgan fingerprint density at radius 2 is 2.19 bits per heavy atom. The van der Waals surface area contributed by atoms with Gasteiger partial charge in [0.15, 0.2) is 0 Å². The van der Waals surface area contributed by atoms with E-state index in [9.17, 15) is 0 Å². The normalized spacial score (nSPS) is 13.4. The Morgan fingerprint density at radius 1 is 1.56 bits per heavy atom. The Bertz CT molecular complexity index is 347. The van der Waals surface area contributed by atoms with Crippen LogP contribution in [0.2, 0.25) is 5.15 Å². The van der Waals surface area contributed by atoms with Crippen LogP contribution in [0.15, 0.2) is 0 Å². The minimum absolute atomic E-state index is 0.176. The van der Waals surface area contributed by atoms with Crippen molar-refractivity contribution in [3.63, 3.8) is 0 Å². The number of nitrogens with zero attached hydrogens (tertiary/aromatic N) is 3.